The molecule has 0 unspecified atom stereocenters. The summed E-state index contributed by atoms with van der Waals surface area (Å²) in [5, 5.41) is 11.7. The van der Waals surface area contributed by atoms with Crippen LogP contribution in [0.5, 0.6) is 0 Å². The first-order valence-corrected chi connectivity index (χ1v) is 12.7. The standard InChI is InChI=1S/C20H34O8Si/c1-13(22)25-14(10-9-11-21)20(23)15(12-24-29(7,8)18(2,3)4)26-17-16(20)27-19(5,6)28-17/h9-11,14-17,23H,12H2,1-8H3/b10-9+/t14-,15-,16+,17-,20-/m1/s1. The number of hydrogen-bond donors (Lipinski definition) is 1. The molecule has 5 atom stereocenters. The Morgan fingerprint density at radius 3 is 2.41 bits per heavy atom. The first-order chi connectivity index (χ1) is 13.1. The fraction of sp³-hybridized carbons (Fsp3) is 0.800. The summed E-state index contributed by atoms with van der Waals surface area (Å²) < 4.78 is 29.3. The number of allylic oxidation sites excluding steroid dienone is 1. The molecule has 0 radical (unpaired) electrons. The molecule has 2 aliphatic heterocycles. The molecular weight excluding hydrogens is 396 g/mol. The average molecular weight is 431 g/mol. The van der Waals surface area contributed by atoms with E-state index in [1.165, 1.54) is 19.1 Å². The molecule has 2 saturated heterocycles. The molecule has 0 aliphatic carbocycles. The molecule has 9 heteroatoms. The van der Waals surface area contributed by atoms with Crippen LogP contribution in [0.3, 0.4) is 0 Å². The Morgan fingerprint density at radius 1 is 1.28 bits per heavy atom. The van der Waals surface area contributed by atoms with E-state index < -0.39 is 50.3 Å². The molecule has 0 aromatic rings. The van der Waals surface area contributed by atoms with Crippen LogP contribution in [-0.4, -0.2) is 68.3 Å². The van der Waals surface area contributed by atoms with Gasteiger partial charge in [0.25, 0.3) is 0 Å². The predicted octanol–water partition coefficient (Wildman–Crippen LogP) is 2.30. The largest absolute Gasteiger partial charge is 0.455 e. The van der Waals surface area contributed by atoms with Crippen LogP contribution in [0.25, 0.3) is 0 Å². The molecule has 2 fully saturated rings. The molecule has 0 aromatic heterocycles. The Bertz CT molecular complexity index is 653. The molecule has 166 valence electrons. The van der Waals surface area contributed by atoms with Gasteiger partial charge in [0.15, 0.2) is 32.1 Å². The molecule has 0 amide bonds. The number of carbonyl (C=O) groups is 2. The van der Waals surface area contributed by atoms with E-state index in [2.05, 4.69) is 33.9 Å². The zero-order valence-electron chi connectivity index (χ0n) is 18.6. The lowest BCUT2D eigenvalue weighted by Gasteiger charge is -2.41. The molecule has 0 aromatic carbocycles. The van der Waals surface area contributed by atoms with Crippen molar-refractivity contribution in [1.82, 2.24) is 0 Å². The lowest BCUT2D eigenvalue weighted by Crippen LogP contribution is -2.60. The lowest BCUT2D eigenvalue weighted by atomic mass is 9.86. The third kappa shape index (κ3) is 4.97. The van der Waals surface area contributed by atoms with Crippen molar-refractivity contribution in [3.63, 3.8) is 0 Å². The van der Waals surface area contributed by atoms with Crippen molar-refractivity contribution in [2.75, 3.05) is 6.61 Å². The second-order valence-corrected chi connectivity index (χ2v) is 14.4. The minimum atomic E-state index is -2.15. The van der Waals surface area contributed by atoms with Crippen LogP contribution in [0.1, 0.15) is 41.5 Å². The van der Waals surface area contributed by atoms with E-state index in [9.17, 15) is 14.7 Å². The van der Waals surface area contributed by atoms with Gasteiger partial charge >= 0.3 is 5.97 Å². The van der Waals surface area contributed by atoms with Gasteiger partial charge in [-0.05, 0) is 44.1 Å². The van der Waals surface area contributed by atoms with Crippen molar-refractivity contribution in [3.8, 4) is 0 Å². The number of fused-ring (bicyclic) bond motifs is 1. The highest BCUT2D eigenvalue weighted by Crippen LogP contribution is 2.46. The first kappa shape index (κ1) is 24.2. The Kier molecular flexibility index (Phi) is 6.84. The highest BCUT2D eigenvalue weighted by atomic mass is 28.4. The number of ether oxygens (including phenoxy) is 4. The Hall–Kier alpha value is -1.10. The van der Waals surface area contributed by atoms with Crippen LogP contribution in [-0.2, 0) is 33.0 Å². The van der Waals surface area contributed by atoms with Crippen LogP contribution in [0.4, 0.5) is 0 Å². The maximum absolute atomic E-state index is 11.7. The molecule has 0 bridgehead atoms. The van der Waals surface area contributed by atoms with Gasteiger partial charge in [0.1, 0.15) is 18.5 Å². The monoisotopic (exact) mass is 430 g/mol. The number of hydrogen-bond acceptors (Lipinski definition) is 8. The van der Waals surface area contributed by atoms with Crippen molar-refractivity contribution >= 4 is 20.6 Å². The summed E-state index contributed by atoms with van der Waals surface area (Å²) in [5.74, 6) is -1.59. The SMILES string of the molecule is CC(=O)O[C@H](/C=C/C=O)[C@@]1(O)[C@@H](CO[Si](C)(C)C(C)(C)C)O[C@@H]2OC(C)(C)O[C@@H]21. The van der Waals surface area contributed by atoms with Crippen molar-refractivity contribution in [2.45, 2.75) is 95.7 Å². The van der Waals surface area contributed by atoms with Gasteiger partial charge in [0.05, 0.1) is 6.61 Å². The zero-order valence-corrected chi connectivity index (χ0v) is 19.6. The second kappa shape index (κ2) is 8.20. The number of carbonyl (C=O) groups excluding carboxylic acids is 2. The summed E-state index contributed by atoms with van der Waals surface area (Å²) in [4.78, 5) is 22.6. The summed E-state index contributed by atoms with van der Waals surface area (Å²) in [7, 11) is -2.15. The quantitative estimate of drug-likeness (QED) is 0.284. The highest BCUT2D eigenvalue weighted by molar-refractivity contribution is 6.74. The predicted molar refractivity (Wildman–Crippen MR) is 108 cm³/mol. The van der Waals surface area contributed by atoms with Crippen LogP contribution in [0.15, 0.2) is 12.2 Å². The van der Waals surface area contributed by atoms with E-state index in [0.717, 1.165) is 0 Å². The third-order valence-electron chi connectivity index (χ3n) is 5.84. The van der Waals surface area contributed by atoms with Gasteiger partial charge in [-0.2, -0.15) is 0 Å². The minimum absolute atomic E-state index is 0.0404. The molecule has 2 heterocycles. The molecule has 2 aliphatic rings. The van der Waals surface area contributed by atoms with Crippen LogP contribution < -0.4 is 0 Å². The van der Waals surface area contributed by atoms with E-state index in [1.54, 1.807) is 13.8 Å². The molecule has 8 nitrogen and oxygen atoms in total. The number of esters is 1. The molecule has 29 heavy (non-hydrogen) atoms. The maximum atomic E-state index is 11.7. The van der Waals surface area contributed by atoms with Crippen molar-refractivity contribution in [1.29, 1.82) is 0 Å². The summed E-state index contributed by atoms with van der Waals surface area (Å²) in [6.45, 7) is 15.2. The first-order valence-electron chi connectivity index (χ1n) is 9.80. The topological polar surface area (TPSA) is 101 Å². The van der Waals surface area contributed by atoms with Crippen LogP contribution in [0.2, 0.25) is 18.1 Å². The summed E-state index contributed by atoms with van der Waals surface area (Å²) in [5.41, 5.74) is -1.80. The number of rotatable bonds is 7. The smallest absolute Gasteiger partial charge is 0.303 e. The summed E-state index contributed by atoms with van der Waals surface area (Å²) in [6.07, 6.45) is -0.796. The van der Waals surface area contributed by atoms with Gasteiger partial charge in [-0.15, -0.1) is 0 Å². The fourth-order valence-electron chi connectivity index (χ4n) is 3.23. The number of aliphatic hydroxyl groups is 1. The van der Waals surface area contributed by atoms with E-state index >= 15 is 0 Å². The van der Waals surface area contributed by atoms with Crippen molar-refractivity contribution < 1.29 is 38.1 Å². The zero-order chi connectivity index (χ0) is 22.3. The van der Waals surface area contributed by atoms with E-state index in [-0.39, 0.29) is 11.6 Å². The Balaban J connectivity index is 2.37. The second-order valence-electron chi connectivity index (χ2n) is 9.56. The summed E-state index contributed by atoms with van der Waals surface area (Å²) >= 11 is 0. The van der Waals surface area contributed by atoms with Crippen LogP contribution >= 0.6 is 0 Å². The van der Waals surface area contributed by atoms with Gasteiger partial charge in [-0.1, -0.05) is 20.8 Å². The van der Waals surface area contributed by atoms with E-state index in [1.807, 2.05) is 0 Å². The normalized spacial score (nSPS) is 32.9. The van der Waals surface area contributed by atoms with E-state index in [0.29, 0.717) is 6.29 Å². The maximum Gasteiger partial charge on any atom is 0.303 e. The van der Waals surface area contributed by atoms with Gasteiger partial charge in [0.2, 0.25) is 0 Å². The molecular formula is C20H34O8Si. The van der Waals surface area contributed by atoms with Crippen LogP contribution in [0, 0.1) is 0 Å². The number of aldehydes is 1. The van der Waals surface area contributed by atoms with Gasteiger partial charge in [0, 0.05) is 6.92 Å². The summed E-state index contributed by atoms with van der Waals surface area (Å²) in [6, 6.07) is 0. The van der Waals surface area contributed by atoms with Gasteiger partial charge < -0.3 is 28.5 Å². The van der Waals surface area contributed by atoms with Gasteiger partial charge in [-0.25, -0.2) is 0 Å². The lowest BCUT2D eigenvalue weighted by molar-refractivity contribution is -0.244. The Labute approximate surface area is 173 Å². The van der Waals surface area contributed by atoms with Gasteiger partial charge in [-0.3, -0.25) is 9.59 Å². The third-order valence-corrected chi connectivity index (χ3v) is 10.3. The molecule has 2 rings (SSSR count). The van der Waals surface area contributed by atoms with Crippen molar-refractivity contribution in [2.24, 2.45) is 0 Å². The minimum Gasteiger partial charge on any atom is -0.455 e. The molecule has 1 N–H and O–H groups in total. The highest BCUT2D eigenvalue weighted by Gasteiger charge is 2.67. The molecule has 0 saturated carbocycles. The van der Waals surface area contributed by atoms with E-state index in [4.69, 9.17) is 23.4 Å². The average Bonchev–Trinajstić information content (AvgIpc) is 3.00. The van der Waals surface area contributed by atoms with Crippen molar-refractivity contribution in [3.05, 3.63) is 12.2 Å². The molecule has 0 spiro atoms. The Morgan fingerprint density at radius 2 is 1.90 bits per heavy atom. The fourth-order valence-corrected chi connectivity index (χ4v) is 4.23.